The number of rotatable bonds is 4. The monoisotopic (exact) mass is 292 g/mol. The van der Waals surface area contributed by atoms with Crippen molar-refractivity contribution in [2.45, 2.75) is 32.4 Å². The maximum Gasteiger partial charge on any atom is 0.221 e. The summed E-state index contributed by atoms with van der Waals surface area (Å²) >= 11 is 4.94. The zero-order chi connectivity index (χ0) is 14.7. The van der Waals surface area contributed by atoms with Crippen molar-refractivity contribution in [3.8, 4) is 0 Å². The van der Waals surface area contributed by atoms with Gasteiger partial charge in [-0.3, -0.25) is 14.7 Å². The maximum absolute atomic E-state index is 11.4. The molecule has 1 aliphatic heterocycles. The summed E-state index contributed by atoms with van der Waals surface area (Å²) in [6.07, 6.45) is 3.58. The lowest BCUT2D eigenvalue weighted by molar-refractivity contribution is -0.124. The molecule has 0 aromatic carbocycles. The highest BCUT2D eigenvalue weighted by Gasteiger charge is 2.28. The van der Waals surface area contributed by atoms with Gasteiger partial charge in [-0.2, -0.15) is 0 Å². The van der Waals surface area contributed by atoms with E-state index in [0.29, 0.717) is 23.3 Å². The highest BCUT2D eigenvalue weighted by Crippen LogP contribution is 2.23. The summed E-state index contributed by atoms with van der Waals surface area (Å²) in [4.78, 5) is 18.1. The van der Waals surface area contributed by atoms with E-state index in [1.165, 1.54) is 0 Å². The van der Waals surface area contributed by atoms with Crippen LogP contribution in [0.3, 0.4) is 0 Å². The van der Waals surface area contributed by atoms with Crippen molar-refractivity contribution >= 4 is 23.1 Å². The molecule has 2 unspecified atom stereocenters. The van der Waals surface area contributed by atoms with Gasteiger partial charge in [0.15, 0.2) is 0 Å². The molecule has 5 nitrogen and oxygen atoms in total. The molecule has 1 aromatic rings. The van der Waals surface area contributed by atoms with Gasteiger partial charge in [0, 0.05) is 25.3 Å². The maximum atomic E-state index is 11.4. The van der Waals surface area contributed by atoms with Crippen molar-refractivity contribution in [1.82, 2.24) is 9.88 Å². The zero-order valence-electron chi connectivity index (χ0n) is 11.6. The fourth-order valence-electron chi connectivity index (χ4n) is 2.57. The fourth-order valence-corrected chi connectivity index (χ4v) is 2.69. The van der Waals surface area contributed by atoms with Crippen LogP contribution in [0.15, 0.2) is 18.3 Å². The molecule has 2 heterocycles. The molecular formula is C14H20N4OS. The first-order valence-electron chi connectivity index (χ1n) is 6.75. The number of piperidine rings is 1. The molecule has 0 bridgehead atoms. The Labute approximate surface area is 124 Å². The quantitative estimate of drug-likeness (QED) is 0.802. The van der Waals surface area contributed by atoms with E-state index >= 15 is 0 Å². The minimum atomic E-state index is -0.208. The lowest BCUT2D eigenvalue weighted by Crippen LogP contribution is -2.45. The number of thiocarbonyl (C=S) groups is 1. The Kier molecular flexibility index (Phi) is 4.67. The largest absolute Gasteiger partial charge is 0.388 e. The molecule has 0 spiro atoms. The molecule has 20 heavy (non-hydrogen) atoms. The van der Waals surface area contributed by atoms with Crippen LogP contribution in [-0.4, -0.2) is 33.4 Å². The van der Waals surface area contributed by atoms with Crippen molar-refractivity contribution < 1.29 is 4.79 Å². The van der Waals surface area contributed by atoms with Crippen LogP contribution >= 0.6 is 12.2 Å². The molecule has 1 fully saturated rings. The van der Waals surface area contributed by atoms with Crippen molar-refractivity contribution in [1.29, 1.82) is 0 Å². The summed E-state index contributed by atoms with van der Waals surface area (Å²) in [6.45, 7) is 3.64. The van der Waals surface area contributed by atoms with Gasteiger partial charge in [-0.25, -0.2) is 0 Å². The molecule has 108 valence electrons. The number of nitrogens with two attached hydrogens (primary N) is 2. The summed E-state index contributed by atoms with van der Waals surface area (Å²) in [6, 6.07) is 4.29. The third-order valence-corrected chi connectivity index (χ3v) is 4.09. The normalized spacial score (nSPS) is 23.4. The molecule has 0 saturated carbocycles. The fraction of sp³-hybridized carbons (Fsp3) is 0.500. The second kappa shape index (κ2) is 6.28. The molecule has 1 aromatic heterocycles. The van der Waals surface area contributed by atoms with E-state index in [0.717, 1.165) is 24.9 Å². The zero-order valence-corrected chi connectivity index (χ0v) is 12.4. The van der Waals surface area contributed by atoms with Gasteiger partial charge < -0.3 is 11.5 Å². The summed E-state index contributed by atoms with van der Waals surface area (Å²) in [5, 5.41) is 0. The van der Waals surface area contributed by atoms with Gasteiger partial charge >= 0.3 is 0 Å². The Morgan fingerprint density at radius 2 is 2.25 bits per heavy atom. The summed E-state index contributed by atoms with van der Waals surface area (Å²) in [5.41, 5.74) is 12.8. The molecule has 4 N–H and O–H groups in total. The third kappa shape index (κ3) is 3.52. The van der Waals surface area contributed by atoms with Gasteiger partial charge in [-0.1, -0.05) is 12.2 Å². The minimum absolute atomic E-state index is 0.0527. The van der Waals surface area contributed by atoms with E-state index in [4.69, 9.17) is 23.7 Å². The van der Waals surface area contributed by atoms with Crippen LogP contribution in [0.25, 0.3) is 0 Å². The highest BCUT2D eigenvalue weighted by atomic mass is 32.1. The standard InChI is InChI=1S/C14H20N4OS/c1-9-2-3-11(13(15)19)8-18(9)7-10-4-5-17-12(6-10)14(16)20/h4-6,9,11H,2-3,7-8H2,1H3,(H2,15,19)(H2,16,20). The first-order valence-corrected chi connectivity index (χ1v) is 7.16. The van der Waals surface area contributed by atoms with Gasteiger partial charge in [0.2, 0.25) is 5.91 Å². The van der Waals surface area contributed by atoms with Crippen LogP contribution in [0.5, 0.6) is 0 Å². The number of pyridine rings is 1. The first kappa shape index (κ1) is 14.9. The highest BCUT2D eigenvalue weighted by molar-refractivity contribution is 7.80. The van der Waals surface area contributed by atoms with Crippen molar-refractivity contribution in [3.05, 3.63) is 29.6 Å². The van der Waals surface area contributed by atoms with E-state index in [1.54, 1.807) is 6.20 Å². The number of carbonyl (C=O) groups is 1. The van der Waals surface area contributed by atoms with E-state index < -0.39 is 0 Å². The van der Waals surface area contributed by atoms with Gasteiger partial charge in [0.1, 0.15) is 4.99 Å². The molecule has 1 amide bonds. The molecule has 0 radical (unpaired) electrons. The Balaban J connectivity index is 2.09. The van der Waals surface area contributed by atoms with Crippen molar-refractivity contribution in [2.75, 3.05) is 6.54 Å². The van der Waals surface area contributed by atoms with Crippen LogP contribution in [-0.2, 0) is 11.3 Å². The van der Waals surface area contributed by atoms with E-state index in [9.17, 15) is 4.79 Å². The number of amides is 1. The number of aromatic nitrogens is 1. The van der Waals surface area contributed by atoms with Crippen LogP contribution in [0.1, 0.15) is 31.0 Å². The molecule has 0 aliphatic carbocycles. The Bertz CT molecular complexity index is 520. The topological polar surface area (TPSA) is 85.2 Å². The van der Waals surface area contributed by atoms with Gasteiger partial charge in [0.05, 0.1) is 11.6 Å². The SMILES string of the molecule is CC1CCC(C(N)=O)CN1Cc1ccnc(C(N)=S)c1. The lowest BCUT2D eigenvalue weighted by atomic mass is 9.92. The lowest BCUT2D eigenvalue weighted by Gasteiger charge is -2.36. The Morgan fingerprint density at radius 3 is 2.90 bits per heavy atom. The number of carbonyl (C=O) groups excluding carboxylic acids is 1. The van der Waals surface area contributed by atoms with Gasteiger partial charge in [-0.05, 0) is 37.5 Å². The van der Waals surface area contributed by atoms with E-state index in [-0.39, 0.29) is 11.8 Å². The van der Waals surface area contributed by atoms with Crippen LogP contribution in [0, 0.1) is 5.92 Å². The van der Waals surface area contributed by atoms with Crippen LogP contribution in [0.2, 0.25) is 0 Å². The summed E-state index contributed by atoms with van der Waals surface area (Å²) < 4.78 is 0. The summed E-state index contributed by atoms with van der Waals surface area (Å²) in [5.74, 6) is -0.261. The summed E-state index contributed by atoms with van der Waals surface area (Å²) in [7, 11) is 0. The third-order valence-electron chi connectivity index (χ3n) is 3.88. The Morgan fingerprint density at radius 1 is 1.50 bits per heavy atom. The average Bonchev–Trinajstić information content (AvgIpc) is 2.41. The number of hydrogen-bond donors (Lipinski definition) is 2. The van der Waals surface area contributed by atoms with Gasteiger partial charge in [-0.15, -0.1) is 0 Å². The Hall–Kier alpha value is -1.53. The number of primary amides is 1. The van der Waals surface area contributed by atoms with E-state index in [2.05, 4.69) is 16.8 Å². The van der Waals surface area contributed by atoms with Crippen molar-refractivity contribution in [2.24, 2.45) is 17.4 Å². The van der Waals surface area contributed by atoms with Crippen LogP contribution < -0.4 is 11.5 Å². The second-order valence-corrected chi connectivity index (χ2v) is 5.81. The predicted octanol–water partition coefficient (Wildman–Crippen LogP) is 0.802. The van der Waals surface area contributed by atoms with E-state index in [1.807, 2.05) is 12.1 Å². The average molecular weight is 292 g/mol. The van der Waals surface area contributed by atoms with Crippen LogP contribution in [0.4, 0.5) is 0 Å². The number of nitrogens with zero attached hydrogens (tertiary/aromatic N) is 2. The smallest absolute Gasteiger partial charge is 0.221 e. The minimum Gasteiger partial charge on any atom is -0.388 e. The number of hydrogen-bond acceptors (Lipinski definition) is 4. The molecule has 2 atom stereocenters. The molecule has 2 rings (SSSR count). The molecule has 1 aliphatic rings. The second-order valence-electron chi connectivity index (χ2n) is 5.37. The molecule has 6 heteroatoms. The molecule has 1 saturated heterocycles. The number of likely N-dealkylation sites (tertiary alicyclic amines) is 1. The molecular weight excluding hydrogens is 272 g/mol. The predicted molar refractivity (Wildman–Crippen MR) is 81.9 cm³/mol. The van der Waals surface area contributed by atoms with Crippen molar-refractivity contribution in [3.63, 3.8) is 0 Å². The van der Waals surface area contributed by atoms with Gasteiger partial charge in [0.25, 0.3) is 0 Å². The first-order chi connectivity index (χ1) is 9.47.